The molecule has 56 valence electrons. The van der Waals surface area contributed by atoms with Crippen molar-refractivity contribution in [1.82, 2.24) is 0 Å². The zero-order valence-electron chi connectivity index (χ0n) is 5.79. The number of thioether (sulfide) groups is 1. The number of cyclic esters (lactones) is 1. The van der Waals surface area contributed by atoms with Gasteiger partial charge in [0.2, 0.25) is 5.12 Å². The van der Waals surface area contributed by atoms with Gasteiger partial charge in [0.25, 0.3) is 0 Å². The van der Waals surface area contributed by atoms with E-state index in [1.807, 2.05) is 0 Å². The van der Waals surface area contributed by atoms with Crippen molar-refractivity contribution in [3.8, 4) is 0 Å². The van der Waals surface area contributed by atoms with Crippen LogP contribution in [0.4, 0.5) is 0 Å². The maximum atomic E-state index is 10.8. The molecular formula is C6H8O3S. The first-order chi connectivity index (χ1) is 4.61. The Morgan fingerprint density at radius 2 is 2.00 bits per heavy atom. The van der Waals surface area contributed by atoms with Crippen LogP contribution in [0.15, 0.2) is 0 Å². The van der Waals surface area contributed by atoms with Crippen molar-refractivity contribution in [2.45, 2.75) is 25.2 Å². The lowest BCUT2D eigenvalue weighted by molar-refractivity contribution is -0.152. The lowest BCUT2D eigenvalue weighted by Gasteiger charge is -2.20. The molecular weight excluding hydrogens is 152 g/mol. The van der Waals surface area contributed by atoms with Crippen LogP contribution in [0.5, 0.6) is 0 Å². The first-order valence-electron chi connectivity index (χ1n) is 3.02. The number of esters is 1. The second kappa shape index (κ2) is 2.62. The van der Waals surface area contributed by atoms with E-state index in [1.54, 1.807) is 13.8 Å². The quantitative estimate of drug-likeness (QED) is 0.486. The van der Waals surface area contributed by atoms with E-state index in [9.17, 15) is 9.59 Å². The molecule has 1 rings (SSSR count). The fraction of sp³-hybridized carbons (Fsp3) is 0.667. The van der Waals surface area contributed by atoms with E-state index in [1.165, 1.54) is 0 Å². The lowest BCUT2D eigenvalue weighted by atomic mass is 10.4. The Balaban J connectivity index is 2.63. The highest BCUT2D eigenvalue weighted by atomic mass is 32.2. The zero-order valence-corrected chi connectivity index (χ0v) is 6.60. The van der Waals surface area contributed by atoms with Crippen LogP contribution in [0.3, 0.4) is 0 Å². The number of hydrogen-bond donors (Lipinski definition) is 0. The third-order valence-electron chi connectivity index (χ3n) is 1.25. The number of ether oxygens (including phenoxy) is 1. The van der Waals surface area contributed by atoms with Crippen molar-refractivity contribution in [3.05, 3.63) is 0 Å². The fourth-order valence-electron chi connectivity index (χ4n) is 0.636. The Morgan fingerprint density at radius 3 is 2.50 bits per heavy atom. The average Bonchev–Trinajstić information content (AvgIpc) is 1.84. The van der Waals surface area contributed by atoms with Crippen molar-refractivity contribution in [3.63, 3.8) is 0 Å². The lowest BCUT2D eigenvalue weighted by Crippen LogP contribution is -2.34. The summed E-state index contributed by atoms with van der Waals surface area (Å²) in [6, 6.07) is 0. The molecule has 1 aliphatic rings. The predicted molar refractivity (Wildman–Crippen MR) is 37.6 cm³/mol. The Morgan fingerprint density at radius 1 is 1.40 bits per heavy atom. The van der Waals surface area contributed by atoms with Gasteiger partial charge in [0, 0.05) is 0 Å². The molecule has 0 aromatic rings. The van der Waals surface area contributed by atoms with Gasteiger partial charge in [0.15, 0.2) is 6.10 Å². The molecule has 1 aliphatic heterocycles. The molecule has 0 radical (unpaired) electrons. The molecule has 3 nitrogen and oxygen atoms in total. The monoisotopic (exact) mass is 160 g/mol. The van der Waals surface area contributed by atoms with E-state index in [0.717, 1.165) is 11.8 Å². The van der Waals surface area contributed by atoms with E-state index in [-0.39, 0.29) is 16.3 Å². The molecule has 0 aromatic heterocycles. The minimum absolute atomic E-state index is 0.0629. The van der Waals surface area contributed by atoms with Gasteiger partial charge in [-0.3, -0.25) is 9.59 Å². The summed E-state index contributed by atoms with van der Waals surface area (Å²) in [6.45, 7) is 3.25. The average molecular weight is 160 g/mol. The largest absolute Gasteiger partial charge is 0.453 e. The van der Waals surface area contributed by atoms with E-state index in [2.05, 4.69) is 0 Å². The van der Waals surface area contributed by atoms with Gasteiger partial charge in [-0.25, -0.2) is 0 Å². The summed E-state index contributed by atoms with van der Waals surface area (Å²) in [4.78, 5) is 21.6. The molecule has 0 aromatic carbocycles. The minimum atomic E-state index is -0.561. The molecule has 0 spiro atoms. The number of carbonyl (C=O) groups excluding carboxylic acids is 2. The number of hydrogen-bond acceptors (Lipinski definition) is 4. The van der Waals surface area contributed by atoms with E-state index in [4.69, 9.17) is 4.74 Å². The van der Waals surface area contributed by atoms with Crippen molar-refractivity contribution >= 4 is 22.8 Å². The zero-order chi connectivity index (χ0) is 7.72. The molecule has 2 unspecified atom stereocenters. The summed E-state index contributed by atoms with van der Waals surface area (Å²) in [6.07, 6.45) is -0.561. The SMILES string of the molecule is CC1OC(=O)C(C)SC1=O. The van der Waals surface area contributed by atoms with Gasteiger partial charge >= 0.3 is 5.97 Å². The Hall–Kier alpha value is -0.510. The molecule has 1 fully saturated rings. The molecule has 2 atom stereocenters. The van der Waals surface area contributed by atoms with Crippen molar-refractivity contribution in [1.29, 1.82) is 0 Å². The maximum absolute atomic E-state index is 10.8. The Labute approximate surface area is 63.1 Å². The standard InChI is InChI=1S/C6H8O3S/c1-3-6(8)10-4(2)5(7)9-3/h3-4H,1-2H3. The molecule has 4 heteroatoms. The third-order valence-corrected chi connectivity index (χ3v) is 2.36. The normalized spacial score (nSPS) is 33.8. The summed E-state index contributed by atoms with van der Waals surface area (Å²) in [5, 5.41) is -0.393. The van der Waals surface area contributed by atoms with Gasteiger partial charge in [-0.1, -0.05) is 11.8 Å². The van der Waals surface area contributed by atoms with Crippen LogP contribution in [0.1, 0.15) is 13.8 Å². The second-order valence-corrected chi connectivity index (χ2v) is 3.50. The van der Waals surface area contributed by atoms with Crippen molar-refractivity contribution in [2.24, 2.45) is 0 Å². The van der Waals surface area contributed by atoms with Gasteiger partial charge in [-0.15, -0.1) is 0 Å². The molecule has 10 heavy (non-hydrogen) atoms. The first kappa shape index (κ1) is 7.60. The molecule has 0 saturated carbocycles. The van der Waals surface area contributed by atoms with Crippen molar-refractivity contribution in [2.75, 3.05) is 0 Å². The summed E-state index contributed by atoms with van der Waals surface area (Å²) >= 11 is 1.04. The molecule has 0 bridgehead atoms. The summed E-state index contributed by atoms with van der Waals surface area (Å²) in [5.41, 5.74) is 0. The third kappa shape index (κ3) is 1.31. The molecule has 0 N–H and O–H groups in total. The van der Waals surface area contributed by atoms with Crippen LogP contribution in [0.2, 0.25) is 0 Å². The van der Waals surface area contributed by atoms with Crippen molar-refractivity contribution < 1.29 is 14.3 Å². The summed E-state index contributed by atoms with van der Waals surface area (Å²) in [5.74, 6) is -0.294. The highest BCUT2D eigenvalue weighted by Crippen LogP contribution is 2.22. The summed E-state index contributed by atoms with van der Waals surface area (Å²) < 4.78 is 4.70. The minimum Gasteiger partial charge on any atom is -0.453 e. The Bertz CT molecular complexity index is 158. The van der Waals surface area contributed by atoms with E-state index >= 15 is 0 Å². The highest BCUT2D eigenvalue weighted by Gasteiger charge is 2.31. The van der Waals surface area contributed by atoms with Crippen LogP contribution in [0, 0.1) is 0 Å². The van der Waals surface area contributed by atoms with Gasteiger partial charge in [-0.2, -0.15) is 0 Å². The molecule has 0 aliphatic carbocycles. The van der Waals surface area contributed by atoms with Crippen LogP contribution in [-0.4, -0.2) is 22.4 Å². The van der Waals surface area contributed by atoms with E-state index in [0.29, 0.717) is 0 Å². The van der Waals surface area contributed by atoms with Gasteiger partial charge in [0.1, 0.15) is 5.25 Å². The number of carbonyl (C=O) groups is 2. The summed E-state index contributed by atoms with van der Waals surface area (Å²) in [7, 11) is 0. The second-order valence-electron chi connectivity index (χ2n) is 2.16. The van der Waals surface area contributed by atoms with Crippen LogP contribution >= 0.6 is 11.8 Å². The van der Waals surface area contributed by atoms with Gasteiger partial charge in [-0.05, 0) is 13.8 Å². The molecule has 1 heterocycles. The topological polar surface area (TPSA) is 43.4 Å². The van der Waals surface area contributed by atoms with Crippen LogP contribution < -0.4 is 0 Å². The highest BCUT2D eigenvalue weighted by molar-refractivity contribution is 8.14. The van der Waals surface area contributed by atoms with E-state index < -0.39 is 6.10 Å². The van der Waals surface area contributed by atoms with Crippen LogP contribution in [0.25, 0.3) is 0 Å². The van der Waals surface area contributed by atoms with Crippen LogP contribution in [-0.2, 0) is 14.3 Å². The predicted octanol–water partition coefficient (Wildman–Crippen LogP) is 0.580. The first-order valence-corrected chi connectivity index (χ1v) is 3.90. The number of rotatable bonds is 0. The van der Waals surface area contributed by atoms with Gasteiger partial charge in [0.05, 0.1) is 0 Å². The molecule has 0 amide bonds. The maximum Gasteiger partial charge on any atom is 0.319 e. The van der Waals surface area contributed by atoms with Gasteiger partial charge < -0.3 is 4.74 Å². The Kier molecular flexibility index (Phi) is 1.99. The smallest absolute Gasteiger partial charge is 0.319 e. The molecule has 1 saturated heterocycles. The fourth-order valence-corrected chi connectivity index (χ4v) is 1.38.